The number of alkyl halides is 2. The van der Waals surface area contributed by atoms with Crippen LogP contribution in [0.25, 0.3) is 16.8 Å². The van der Waals surface area contributed by atoms with Gasteiger partial charge in [0.25, 0.3) is 12.3 Å². The molecule has 60 heavy (non-hydrogen) atoms. The van der Waals surface area contributed by atoms with Gasteiger partial charge in [0.15, 0.2) is 5.82 Å². The lowest BCUT2D eigenvalue weighted by molar-refractivity contribution is -0.137. The Kier molecular flexibility index (Phi) is 9.20. The summed E-state index contributed by atoms with van der Waals surface area (Å²) in [6, 6.07) is 10.1. The average Bonchev–Trinajstić information content (AvgIpc) is 3.97. The van der Waals surface area contributed by atoms with Crippen molar-refractivity contribution < 1.29 is 38.9 Å². The average molecular weight is 822 g/mol. The highest BCUT2D eigenvalue weighted by molar-refractivity contribution is 6.05. The lowest BCUT2D eigenvalue weighted by atomic mass is 9.97. The third kappa shape index (κ3) is 6.28. The zero-order chi connectivity index (χ0) is 41.4. The van der Waals surface area contributed by atoms with E-state index in [2.05, 4.69) is 19.9 Å². The highest BCUT2D eigenvalue weighted by atomic mass is 19.3. The van der Waals surface area contributed by atoms with Crippen LogP contribution in [0.2, 0.25) is 0 Å². The minimum atomic E-state index is -2.81. The number of piperidine rings is 2. The second-order valence-corrected chi connectivity index (χ2v) is 16.0. The van der Waals surface area contributed by atoms with Crippen LogP contribution in [-0.2, 0) is 33.9 Å². The molecule has 0 spiro atoms. The molecule has 5 aromatic rings. The first-order chi connectivity index (χ1) is 29.1. The summed E-state index contributed by atoms with van der Waals surface area (Å²) >= 11 is 0. The molecule has 0 bridgehead atoms. The van der Waals surface area contributed by atoms with Crippen molar-refractivity contribution in [3.8, 4) is 22.6 Å². The Morgan fingerprint density at radius 2 is 1.82 bits per heavy atom. The van der Waals surface area contributed by atoms with Crippen LogP contribution >= 0.6 is 0 Å². The maximum Gasteiger partial charge on any atom is 0.264 e. The molecule has 312 valence electrons. The third-order valence-electron chi connectivity index (χ3n) is 12.7. The molecule has 2 aromatic carbocycles. The summed E-state index contributed by atoms with van der Waals surface area (Å²) in [5.41, 5.74) is 6.03. The molecule has 5 aliphatic heterocycles. The van der Waals surface area contributed by atoms with Crippen LogP contribution in [0, 0.1) is 0 Å². The van der Waals surface area contributed by atoms with Crippen molar-refractivity contribution in [1.82, 2.24) is 34.3 Å². The van der Waals surface area contributed by atoms with E-state index in [0.29, 0.717) is 85.4 Å². The molecule has 1 unspecified atom stereocenters. The van der Waals surface area contributed by atoms with E-state index in [0.717, 1.165) is 48.4 Å². The molecule has 17 heteroatoms. The molecule has 8 heterocycles. The van der Waals surface area contributed by atoms with E-state index < -0.39 is 18.4 Å². The van der Waals surface area contributed by atoms with E-state index in [4.69, 9.17) is 14.6 Å². The minimum absolute atomic E-state index is 0. The number of nitrogens with one attached hydrogen (secondary N) is 1. The van der Waals surface area contributed by atoms with E-state index in [1.165, 1.54) is 13.2 Å². The number of carbonyl (C=O) groups is 4. The van der Waals surface area contributed by atoms with Gasteiger partial charge in [0.05, 0.1) is 38.1 Å². The molecule has 0 saturated carbocycles. The minimum Gasteiger partial charge on any atom is -0.495 e. The Morgan fingerprint density at radius 3 is 2.58 bits per heavy atom. The van der Waals surface area contributed by atoms with Gasteiger partial charge in [0.2, 0.25) is 17.7 Å². The second kappa shape index (κ2) is 14.6. The number of aromatic nitrogens is 4. The number of amides is 4. The van der Waals surface area contributed by atoms with Crippen molar-refractivity contribution in [3.05, 3.63) is 82.9 Å². The molecule has 5 aliphatic rings. The number of hydrogen-bond donors (Lipinski definition) is 1. The van der Waals surface area contributed by atoms with Gasteiger partial charge in [-0.2, -0.15) is 5.10 Å². The fourth-order valence-electron chi connectivity index (χ4n) is 9.57. The topological polar surface area (TPSA) is 147 Å². The zero-order valence-corrected chi connectivity index (χ0v) is 33.2. The summed E-state index contributed by atoms with van der Waals surface area (Å²) in [4.78, 5) is 62.3. The largest absolute Gasteiger partial charge is 0.495 e. The number of anilines is 3. The van der Waals surface area contributed by atoms with Gasteiger partial charge in [-0.3, -0.25) is 29.2 Å². The number of hydrogen-bond acceptors (Lipinski definition) is 10. The number of ether oxygens (including phenoxy) is 2. The van der Waals surface area contributed by atoms with Gasteiger partial charge < -0.3 is 33.5 Å². The number of fused-ring (bicyclic) bond motifs is 4. The normalized spacial score (nSPS) is 19.4. The Morgan fingerprint density at radius 1 is 0.983 bits per heavy atom. The maximum atomic E-state index is 15.1. The summed E-state index contributed by atoms with van der Waals surface area (Å²) in [7, 11) is 1.50. The number of benzene rings is 2. The molecule has 0 aliphatic carbocycles. The monoisotopic (exact) mass is 821 g/mol. The standard InChI is InChI=1S/C43H43F2N9O6.H2/c1-24(55)50-13-9-33-32(22-50)41(52-15-16-60-36-19-29(31(40(44)45)18-35(36)52)30-20-38-46-10-14-51(38)23-37(30)59-2)48-54(33)26-7-11-49(12-8-26)27-3-4-28-25(17-27)21-53(43(28)58)34-5-6-39(56)47-42(34)57;/h3-4,10,14,17-20,23,26,34,40H,5-9,11-13,15-16,21-22H2,1-2H3,(H,47,56,57);1H. The summed E-state index contributed by atoms with van der Waals surface area (Å²) in [5.74, 6) is 0.504. The first-order valence-electron chi connectivity index (χ1n) is 20.3. The summed E-state index contributed by atoms with van der Waals surface area (Å²) in [6.07, 6.45) is 4.99. The van der Waals surface area contributed by atoms with Gasteiger partial charge >= 0.3 is 0 Å². The number of imide groups is 1. The molecule has 2 saturated heterocycles. The number of imidazole rings is 1. The van der Waals surface area contributed by atoms with Crippen LogP contribution in [-0.4, -0.2) is 98.5 Å². The summed E-state index contributed by atoms with van der Waals surface area (Å²) in [5, 5.41) is 7.63. The fourth-order valence-corrected chi connectivity index (χ4v) is 9.57. The highest BCUT2D eigenvalue weighted by Gasteiger charge is 2.40. The van der Waals surface area contributed by atoms with E-state index in [1.54, 1.807) is 51.8 Å². The molecular weight excluding hydrogens is 777 g/mol. The Balaban J connectivity index is 0.00000476. The van der Waals surface area contributed by atoms with Gasteiger partial charge in [0.1, 0.15) is 29.8 Å². The Labute approximate surface area is 344 Å². The van der Waals surface area contributed by atoms with Crippen molar-refractivity contribution in [2.45, 2.75) is 70.6 Å². The summed E-state index contributed by atoms with van der Waals surface area (Å²) in [6.45, 7) is 4.91. The first-order valence-corrected chi connectivity index (χ1v) is 20.3. The van der Waals surface area contributed by atoms with Crippen LogP contribution in [0.15, 0.2) is 55.0 Å². The van der Waals surface area contributed by atoms with Crippen molar-refractivity contribution in [1.29, 1.82) is 0 Å². The van der Waals surface area contributed by atoms with Crippen molar-refractivity contribution in [2.24, 2.45) is 0 Å². The van der Waals surface area contributed by atoms with Crippen LogP contribution in [0.1, 0.15) is 79.2 Å². The lowest BCUT2D eigenvalue weighted by Gasteiger charge is -2.35. The first kappa shape index (κ1) is 37.7. The quantitative estimate of drug-likeness (QED) is 0.211. The van der Waals surface area contributed by atoms with Crippen LogP contribution in [0.5, 0.6) is 11.5 Å². The van der Waals surface area contributed by atoms with E-state index >= 15 is 8.78 Å². The lowest BCUT2D eigenvalue weighted by Crippen LogP contribution is -2.52. The molecule has 3 aromatic heterocycles. The predicted molar refractivity (Wildman–Crippen MR) is 217 cm³/mol. The molecule has 1 N–H and O–H groups in total. The van der Waals surface area contributed by atoms with Gasteiger partial charge in [-0.05, 0) is 66.8 Å². The van der Waals surface area contributed by atoms with Gasteiger partial charge in [0, 0.05) is 93.4 Å². The van der Waals surface area contributed by atoms with E-state index in [-0.39, 0.29) is 42.7 Å². The Hall–Kier alpha value is -6.52. The second-order valence-electron chi connectivity index (χ2n) is 16.0. The SMILES string of the molecule is COc1cn2ccnc2cc1-c1cc2c(cc1C(F)F)N(c1nn(C3CCN(c4ccc5c(c4)CN(C4CCC(=O)NC4=O)C5=O)CC3)c3c1CN(C(C)=O)CC3)CCO2.[HH]. The molecular formula is C43H45F2N9O6. The van der Waals surface area contributed by atoms with Crippen molar-refractivity contribution in [2.75, 3.05) is 49.7 Å². The number of methoxy groups -OCH3 is 1. The Bertz CT molecular complexity index is 2610. The molecule has 0 radical (unpaired) electrons. The van der Waals surface area contributed by atoms with Crippen molar-refractivity contribution >= 4 is 46.5 Å². The van der Waals surface area contributed by atoms with Gasteiger partial charge in [-0.1, -0.05) is 0 Å². The number of halogens is 2. The number of pyridine rings is 1. The highest BCUT2D eigenvalue weighted by Crippen LogP contribution is 2.47. The van der Waals surface area contributed by atoms with Gasteiger partial charge in [-0.25, -0.2) is 13.8 Å². The number of nitrogens with zero attached hydrogens (tertiary/aromatic N) is 8. The van der Waals surface area contributed by atoms with Gasteiger partial charge in [-0.15, -0.1) is 0 Å². The van der Waals surface area contributed by atoms with Crippen LogP contribution in [0.3, 0.4) is 0 Å². The molecule has 2 fully saturated rings. The molecule has 1 atom stereocenters. The third-order valence-corrected chi connectivity index (χ3v) is 12.7. The number of rotatable bonds is 7. The fraction of sp³-hybridized carbons (Fsp3) is 0.395. The van der Waals surface area contributed by atoms with Crippen molar-refractivity contribution in [3.63, 3.8) is 0 Å². The van der Waals surface area contributed by atoms with E-state index in [1.807, 2.05) is 23.1 Å². The van der Waals surface area contributed by atoms with E-state index in [9.17, 15) is 19.2 Å². The molecule has 15 nitrogen and oxygen atoms in total. The molecule has 4 amide bonds. The predicted octanol–water partition coefficient (Wildman–Crippen LogP) is 5.43. The summed E-state index contributed by atoms with van der Waals surface area (Å²) < 4.78 is 45.9. The van der Waals surface area contributed by atoms with Crippen LogP contribution in [0.4, 0.5) is 26.0 Å². The number of carbonyl (C=O) groups excluding carboxylic acids is 4. The maximum absolute atomic E-state index is 15.1. The zero-order valence-electron chi connectivity index (χ0n) is 33.2. The molecule has 10 rings (SSSR count). The smallest absolute Gasteiger partial charge is 0.264 e. The van der Waals surface area contributed by atoms with Crippen LogP contribution < -0.4 is 24.6 Å².